The summed E-state index contributed by atoms with van der Waals surface area (Å²) in [6.07, 6.45) is 5.19. The first-order chi connectivity index (χ1) is 12.2. The molecule has 5 nitrogen and oxygen atoms in total. The molecule has 0 unspecified atom stereocenters. The van der Waals surface area contributed by atoms with Gasteiger partial charge in [-0.2, -0.15) is 5.26 Å². The summed E-state index contributed by atoms with van der Waals surface area (Å²) in [4.78, 5) is 25.2. The lowest BCUT2D eigenvalue weighted by Gasteiger charge is -2.06. The molecule has 1 aliphatic carbocycles. The first-order valence-electron chi connectivity index (χ1n) is 8.25. The van der Waals surface area contributed by atoms with Crippen molar-refractivity contribution >= 4 is 28.2 Å². The number of hydrogen-bond acceptors (Lipinski definition) is 5. The molecule has 3 rings (SSSR count). The number of ether oxygens (including phenoxy) is 1. The van der Waals surface area contributed by atoms with Crippen LogP contribution >= 0.6 is 11.3 Å². The zero-order valence-corrected chi connectivity index (χ0v) is 14.5. The van der Waals surface area contributed by atoms with Gasteiger partial charge in [0, 0.05) is 4.88 Å². The third kappa shape index (κ3) is 4.06. The number of carbonyl (C=O) groups is 2. The third-order valence-electron chi connectivity index (χ3n) is 4.13. The van der Waals surface area contributed by atoms with Crippen molar-refractivity contribution in [2.45, 2.75) is 32.1 Å². The van der Waals surface area contributed by atoms with E-state index in [1.807, 2.05) is 0 Å². The van der Waals surface area contributed by atoms with E-state index >= 15 is 0 Å². The molecule has 1 aromatic carbocycles. The molecule has 1 aromatic heterocycles. The van der Waals surface area contributed by atoms with E-state index < -0.39 is 11.9 Å². The summed E-state index contributed by atoms with van der Waals surface area (Å²) in [7, 11) is 0. The van der Waals surface area contributed by atoms with Crippen molar-refractivity contribution in [2.24, 2.45) is 0 Å². The van der Waals surface area contributed by atoms with Crippen LogP contribution in [0.1, 0.15) is 45.6 Å². The van der Waals surface area contributed by atoms with Gasteiger partial charge in [-0.3, -0.25) is 4.79 Å². The molecule has 25 heavy (non-hydrogen) atoms. The maximum Gasteiger partial charge on any atom is 0.338 e. The number of nitrogens with one attached hydrogen (secondary N) is 1. The Bertz CT molecular complexity index is 821. The van der Waals surface area contributed by atoms with Gasteiger partial charge in [0.05, 0.1) is 11.1 Å². The number of aryl methyl sites for hydroxylation is 1. The van der Waals surface area contributed by atoms with Gasteiger partial charge in [0.2, 0.25) is 0 Å². The van der Waals surface area contributed by atoms with Crippen LogP contribution in [-0.4, -0.2) is 18.5 Å². The van der Waals surface area contributed by atoms with Crippen molar-refractivity contribution in [1.82, 2.24) is 0 Å². The average Bonchev–Trinajstić information content (AvgIpc) is 2.79. The summed E-state index contributed by atoms with van der Waals surface area (Å²) < 4.78 is 5.03. The molecule has 128 valence electrons. The van der Waals surface area contributed by atoms with Crippen LogP contribution in [-0.2, 0) is 22.4 Å². The van der Waals surface area contributed by atoms with Crippen LogP contribution < -0.4 is 5.32 Å². The van der Waals surface area contributed by atoms with Gasteiger partial charge in [0.15, 0.2) is 6.61 Å². The Morgan fingerprint density at radius 3 is 2.68 bits per heavy atom. The number of hydrogen-bond donors (Lipinski definition) is 1. The number of amides is 1. The molecule has 0 aliphatic heterocycles. The second-order valence-electron chi connectivity index (χ2n) is 5.87. The molecule has 6 heteroatoms. The average molecular weight is 354 g/mol. The largest absolute Gasteiger partial charge is 0.452 e. The van der Waals surface area contributed by atoms with Crippen LogP contribution in [0, 0.1) is 11.3 Å². The number of thiophene rings is 1. The molecule has 0 saturated heterocycles. The van der Waals surface area contributed by atoms with E-state index in [1.165, 1.54) is 22.6 Å². The normalized spacial score (nSPS) is 13.2. The van der Waals surface area contributed by atoms with E-state index in [4.69, 9.17) is 4.74 Å². The highest BCUT2D eigenvalue weighted by atomic mass is 32.1. The van der Waals surface area contributed by atoms with Gasteiger partial charge in [-0.25, -0.2) is 4.79 Å². The smallest absolute Gasteiger partial charge is 0.338 e. The highest BCUT2D eigenvalue weighted by Crippen LogP contribution is 2.36. The Labute approximate surface area is 150 Å². The van der Waals surface area contributed by atoms with Crippen molar-refractivity contribution in [3.63, 3.8) is 0 Å². The molecule has 0 bridgehead atoms. The number of fused-ring (bicyclic) bond motifs is 1. The number of anilines is 1. The lowest BCUT2D eigenvalue weighted by atomic mass is 10.1. The van der Waals surface area contributed by atoms with Gasteiger partial charge in [0.25, 0.3) is 5.91 Å². The summed E-state index contributed by atoms with van der Waals surface area (Å²) in [6.45, 7) is -0.374. The Morgan fingerprint density at radius 1 is 1.16 bits per heavy atom. The molecular formula is C19H18N2O3S. The fourth-order valence-corrected chi connectivity index (χ4v) is 4.16. The molecule has 1 N–H and O–H groups in total. The van der Waals surface area contributed by atoms with Crippen molar-refractivity contribution in [3.8, 4) is 6.07 Å². The Balaban J connectivity index is 1.63. The monoisotopic (exact) mass is 354 g/mol. The van der Waals surface area contributed by atoms with E-state index in [0.29, 0.717) is 16.1 Å². The van der Waals surface area contributed by atoms with E-state index in [1.54, 1.807) is 30.3 Å². The second-order valence-corrected chi connectivity index (χ2v) is 6.98. The van der Waals surface area contributed by atoms with E-state index in [2.05, 4.69) is 11.4 Å². The molecule has 0 fully saturated rings. The number of nitriles is 1. The molecule has 0 spiro atoms. The maximum atomic E-state index is 12.1. The van der Waals surface area contributed by atoms with Gasteiger partial charge in [-0.15, -0.1) is 11.3 Å². The maximum absolute atomic E-state index is 12.1. The van der Waals surface area contributed by atoms with Crippen LogP contribution in [0.15, 0.2) is 30.3 Å². The standard InChI is InChI=1S/C19H18N2O3S/c20-11-15-14-9-5-2-6-10-16(14)25-18(15)21-17(22)12-24-19(23)13-7-3-1-4-8-13/h1,3-4,7-8H,2,5-6,9-10,12H2,(H,21,22). The zero-order chi connectivity index (χ0) is 17.6. The summed E-state index contributed by atoms with van der Waals surface area (Å²) in [5.41, 5.74) is 2.03. The quantitative estimate of drug-likeness (QED) is 0.671. The molecule has 2 aromatic rings. The predicted molar refractivity (Wildman–Crippen MR) is 95.6 cm³/mol. The number of rotatable bonds is 4. The minimum Gasteiger partial charge on any atom is -0.452 e. The summed E-state index contributed by atoms with van der Waals surface area (Å²) in [6, 6.07) is 10.7. The highest BCUT2D eigenvalue weighted by Gasteiger charge is 2.21. The molecule has 1 amide bonds. The first-order valence-corrected chi connectivity index (χ1v) is 9.07. The minimum absolute atomic E-state index is 0.374. The topological polar surface area (TPSA) is 79.2 Å². The predicted octanol–water partition coefficient (Wildman–Crippen LogP) is 3.68. The lowest BCUT2D eigenvalue weighted by Crippen LogP contribution is -2.20. The van der Waals surface area contributed by atoms with Crippen LogP contribution in [0.5, 0.6) is 0 Å². The molecule has 0 saturated carbocycles. The number of carbonyl (C=O) groups excluding carboxylic acids is 2. The second kappa shape index (κ2) is 7.95. The number of nitrogens with zero attached hydrogens (tertiary/aromatic N) is 1. The van der Waals surface area contributed by atoms with Crippen LogP contribution in [0.4, 0.5) is 5.00 Å². The van der Waals surface area contributed by atoms with Gasteiger partial charge < -0.3 is 10.1 Å². The third-order valence-corrected chi connectivity index (χ3v) is 5.34. The molecule has 1 heterocycles. The zero-order valence-electron chi connectivity index (χ0n) is 13.7. The van der Waals surface area contributed by atoms with Gasteiger partial charge in [0.1, 0.15) is 11.1 Å². The number of benzene rings is 1. The molecule has 0 radical (unpaired) electrons. The first kappa shape index (κ1) is 17.2. The van der Waals surface area contributed by atoms with Crippen molar-refractivity contribution in [2.75, 3.05) is 11.9 Å². The summed E-state index contributed by atoms with van der Waals surface area (Å²) in [5, 5.41) is 12.7. The SMILES string of the molecule is N#Cc1c(NC(=O)COC(=O)c2ccccc2)sc2c1CCCCC2. The van der Waals surface area contributed by atoms with Gasteiger partial charge in [-0.05, 0) is 43.4 Å². The molecular weight excluding hydrogens is 336 g/mol. The Kier molecular flexibility index (Phi) is 5.46. The lowest BCUT2D eigenvalue weighted by molar-refractivity contribution is -0.119. The van der Waals surface area contributed by atoms with Crippen LogP contribution in [0.2, 0.25) is 0 Å². The summed E-state index contributed by atoms with van der Waals surface area (Å²) >= 11 is 1.46. The van der Waals surface area contributed by atoms with Crippen molar-refractivity contribution in [1.29, 1.82) is 5.26 Å². The van der Waals surface area contributed by atoms with E-state index in [0.717, 1.165) is 31.2 Å². The minimum atomic E-state index is -0.543. The molecule has 1 aliphatic rings. The Morgan fingerprint density at radius 2 is 1.92 bits per heavy atom. The number of esters is 1. The highest BCUT2D eigenvalue weighted by molar-refractivity contribution is 7.16. The van der Waals surface area contributed by atoms with Crippen LogP contribution in [0.25, 0.3) is 0 Å². The molecule has 0 atom stereocenters. The van der Waals surface area contributed by atoms with Gasteiger partial charge >= 0.3 is 5.97 Å². The van der Waals surface area contributed by atoms with Gasteiger partial charge in [-0.1, -0.05) is 24.6 Å². The summed E-state index contributed by atoms with van der Waals surface area (Å²) in [5.74, 6) is -0.976. The fourth-order valence-electron chi connectivity index (χ4n) is 2.90. The van der Waals surface area contributed by atoms with Crippen molar-refractivity contribution < 1.29 is 14.3 Å². The van der Waals surface area contributed by atoms with Crippen LogP contribution in [0.3, 0.4) is 0 Å². The van der Waals surface area contributed by atoms with E-state index in [-0.39, 0.29) is 6.61 Å². The Hall–Kier alpha value is -2.65. The fraction of sp³-hybridized carbons (Fsp3) is 0.316. The van der Waals surface area contributed by atoms with E-state index in [9.17, 15) is 14.9 Å². The van der Waals surface area contributed by atoms with Crippen molar-refractivity contribution in [3.05, 3.63) is 51.9 Å².